The highest BCUT2D eigenvalue weighted by Gasteiger charge is 2.04. The van der Waals surface area contributed by atoms with Gasteiger partial charge in [-0.2, -0.15) is 0 Å². The number of unbranched alkanes of at least 4 members (excludes halogenated alkanes) is 3. The topological polar surface area (TPSA) is 52.6 Å². The summed E-state index contributed by atoms with van der Waals surface area (Å²) < 4.78 is 10.0. The van der Waals surface area contributed by atoms with Crippen molar-refractivity contribution in [3.63, 3.8) is 0 Å². The van der Waals surface area contributed by atoms with Gasteiger partial charge in [-0.25, -0.2) is 9.59 Å². The molecule has 0 rings (SSSR count). The van der Waals surface area contributed by atoms with E-state index in [9.17, 15) is 9.59 Å². The Morgan fingerprint density at radius 2 is 1.42 bits per heavy atom. The molecule has 0 aliphatic heterocycles. The van der Waals surface area contributed by atoms with Gasteiger partial charge in [-0.05, 0) is 46.5 Å². The zero-order valence-corrected chi connectivity index (χ0v) is 12.2. The van der Waals surface area contributed by atoms with E-state index in [4.69, 9.17) is 9.47 Å². The molecule has 19 heavy (non-hydrogen) atoms. The van der Waals surface area contributed by atoms with E-state index in [0.29, 0.717) is 24.4 Å². The van der Waals surface area contributed by atoms with Crippen molar-refractivity contribution in [3.05, 3.63) is 23.8 Å². The van der Waals surface area contributed by atoms with E-state index >= 15 is 0 Å². The Kier molecular flexibility index (Phi) is 9.49. The summed E-state index contributed by atoms with van der Waals surface area (Å²) in [5, 5.41) is 0. The maximum atomic E-state index is 11.3. The summed E-state index contributed by atoms with van der Waals surface area (Å²) in [6, 6.07) is 0. The van der Waals surface area contributed by atoms with Crippen molar-refractivity contribution in [3.8, 4) is 0 Å². The third-order valence-electron chi connectivity index (χ3n) is 2.61. The van der Waals surface area contributed by atoms with Crippen LogP contribution in [-0.2, 0) is 19.1 Å². The van der Waals surface area contributed by atoms with Crippen LogP contribution < -0.4 is 0 Å². The monoisotopic (exact) mass is 268 g/mol. The fourth-order valence-electron chi connectivity index (χ4n) is 1.24. The average Bonchev–Trinajstić information content (AvgIpc) is 2.39. The SMILES string of the molecule is C=C(C)C(=O)OCCCCCCOC(=O)C(C)=CC. The second-order valence-corrected chi connectivity index (χ2v) is 4.44. The van der Waals surface area contributed by atoms with E-state index < -0.39 is 0 Å². The minimum Gasteiger partial charge on any atom is -0.462 e. The zero-order chi connectivity index (χ0) is 14.7. The van der Waals surface area contributed by atoms with Crippen LogP contribution in [0.5, 0.6) is 0 Å². The van der Waals surface area contributed by atoms with Gasteiger partial charge in [0.2, 0.25) is 0 Å². The predicted octanol–water partition coefficient (Wildman–Crippen LogP) is 3.18. The summed E-state index contributed by atoms with van der Waals surface area (Å²) in [6.07, 6.45) is 5.28. The third kappa shape index (κ3) is 9.05. The summed E-state index contributed by atoms with van der Waals surface area (Å²) in [6.45, 7) is 9.54. The third-order valence-corrected chi connectivity index (χ3v) is 2.61. The molecule has 4 nitrogen and oxygen atoms in total. The average molecular weight is 268 g/mol. The molecule has 0 fully saturated rings. The fourth-order valence-corrected chi connectivity index (χ4v) is 1.24. The van der Waals surface area contributed by atoms with Crippen molar-refractivity contribution in [2.75, 3.05) is 13.2 Å². The normalized spacial score (nSPS) is 11.0. The highest BCUT2D eigenvalue weighted by Crippen LogP contribution is 2.03. The van der Waals surface area contributed by atoms with Gasteiger partial charge in [-0.3, -0.25) is 0 Å². The lowest BCUT2D eigenvalue weighted by Gasteiger charge is -2.05. The minimum atomic E-state index is -0.337. The number of carbonyl (C=O) groups is 2. The highest BCUT2D eigenvalue weighted by atomic mass is 16.5. The van der Waals surface area contributed by atoms with Crippen LogP contribution >= 0.6 is 0 Å². The quantitative estimate of drug-likeness (QED) is 0.366. The molecule has 0 bridgehead atoms. The minimum absolute atomic E-state index is 0.252. The molecule has 0 amide bonds. The maximum Gasteiger partial charge on any atom is 0.333 e. The molecule has 0 aliphatic carbocycles. The zero-order valence-electron chi connectivity index (χ0n) is 12.2. The van der Waals surface area contributed by atoms with Gasteiger partial charge in [0.05, 0.1) is 13.2 Å². The fraction of sp³-hybridized carbons (Fsp3) is 0.600. The lowest BCUT2D eigenvalue weighted by Crippen LogP contribution is -2.07. The van der Waals surface area contributed by atoms with Crippen molar-refractivity contribution < 1.29 is 19.1 Å². The van der Waals surface area contributed by atoms with Crippen LogP contribution in [0.4, 0.5) is 0 Å². The molecule has 0 aromatic rings. The van der Waals surface area contributed by atoms with Crippen molar-refractivity contribution >= 4 is 11.9 Å². The number of hydrogen-bond donors (Lipinski definition) is 0. The lowest BCUT2D eigenvalue weighted by molar-refractivity contribution is -0.140. The van der Waals surface area contributed by atoms with E-state index in [1.54, 1.807) is 19.9 Å². The molecule has 0 aromatic heterocycles. The number of allylic oxidation sites excluding steroid dienone is 1. The number of carbonyl (C=O) groups excluding carboxylic acids is 2. The molecule has 0 radical (unpaired) electrons. The Bertz CT molecular complexity index is 342. The van der Waals surface area contributed by atoms with E-state index in [0.717, 1.165) is 25.7 Å². The standard InChI is InChI=1S/C15H24O4/c1-5-13(4)15(17)19-11-9-7-6-8-10-18-14(16)12(2)3/h5H,2,6-11H2,1,3-4H3. The van der Waals surface area contributed by atoms with Gasteiger partial charge in [0.15, 0.2) is 0 Å². The van der Waals surface area contributed by atoms with Crippen LogP contribution in [0.2, 0.25) is 0 Å². The molecular weight excluding hydrogens is 244 g/mol. The molecule has 0 spiro atoms. The van der Waals surface area contributed by atoms with Crippen LogP contribution in [0.1, 0.15) is 46.5 Å². The largest absolute Gasteiger partial charge is 0.462 e. The highest BCUT2D eigenvalue weighted by molar-refractivity contribution is 5.87. The first-order chi connectivity index (χ1) is 8.99. The predicted molar refractivity (Wildman–Crippen MR) is 74.6 cm³/mol. The van der Waals surface area contributed by atoms with Crippen molar-refractivity contribution in [2.45, 2.75) is 46.5 Å². The first kappa shape index (κ1) is 17.4. The van der Waals surface area contributed by atoms with Gasteiger partial charge in [0.25, 0.3) is 0 Å². The Hall–Kier alpha value is -1.58. The molecule has 0 aliphatic rings. The van der Waals surface area contributed by atoms with E-state index in [1.807, 2.05) is 6.92 Å². The van der Waals surface area contributed by atoms with Crippen LogP contribution in [0.15, 0.2) is 23.8 Å². The lowest BCUT2D eigenvalue weighted by atomic mass is 10.2. The van der Waals surface area contributed by atoms with Crippen LogP contribution in [0, 0.1) is 0 Å². The summed E-state index contributed by atoms with van der Waals surface area (Å²) in [4.78, 5) is 22.4. The summed E-state index contributed by atoms with van der Waals surface area (Å²) in [5.41, 5.74) is 1.05. The molecule has 0 unspecified atom stereocenters. The summed E-state index contributed by atoms with van der Waals surface area (Å²) in [5.74, 6) is -0.589. The number of esters is 2. The second kappa shape index (κ2) is 10.4. The second-order valence-electron chi connectivity index (χ2n) is 4.44. The van der Waals surface area contributed by atoms with E-state index in [1.165, 1.54) is 0 Å². The molecule has 4 heteroatoms. The van der Waals surface area contributed by atoms with Gasteiger partial charge >= 0.3 is 11.9 Å². The number of ether oxygens (including phenoxy) is 2. The van der Waals surface area contributed by atoms with E-state index in [-0.39, 0.29) is 11.9 Å². The van der Waals surface area contributed by atoms with Crippen LogP contribution in [-0.4, -0.2) is 25.2 Å². The van der Waals surface area contributed by atoms with Crippen molar-refractivity contribution in [1.29, 1.82) is 0 Å². The Labute approximate surface area is 115 Å². The molecule has 0 saturated carbocycles. The molecule has 0 N–H and O–H groups in total. The Balaban J connectivity index is 3.40. The van der Waals surface area contributed by atoms with Gasteiger partial charge < -0.3 is 9.47 Å². The summed E-state index contributed by atoms with van der Waals surface area (Å²) in [7, 11) is 0. The molecule has 0 heterocycles. The molecular formula is C15H24O4. The smallest absolute Gasteiger partial charge is 0.333 e. The Morgan fingerprint density at radius 1 is 0.947 bits per heavy atom. The molecule has 0 saturated heterocycles. The number of rotatable bonds is 9. The van der Waals surface area contributed by atoms with E-state index in [2.05, 4.69) is 6.58 Å². The molecule has 0 atom stereocenters. The van der Waals surface area contributed by atoms with Crippen LogP contribution in [0.3, 0.4) is 0 Å². The first-order valence-electron chi connectivity index (χ1n) is 6.61. The van der Waals surface area contributed by atoms with Crippen molar-refractivity contribution in [2.24, 2.45) is 0 Å². The van der Waals surface area contributed by atoms with Crippen LogP contribution in [0.25, 0.3) is 0 Å². The summed E-state index contributed by atoms with van der Waals surface area (Å²) >= 11 is 0. The Morgan fingerprint density at radius 3 is 1.84 bits per heavy atom. The van der Waals surface area contributed by atoms with Gasteiger partial charge in [-0.15, -0.1) is 0 Å². The molecule has 108 valence electrons. The maximum absolute atomic E-state index is 11.3. The van der Waals surface area contributed by atoms with Gasteiger partial charge in [-0.1, -0.05) is 12.7 Å². The van der Waals surface area contributed by atoms with Gasteiger partial charge in [0.1, 0.15) is 0 Å². The van der Waals surface area contributed by atoms with Gasteiger partial charge in [0, 0.05) is 11.1 Å². The first-order valence-corrected chi connectivity index (χ1v) is 6.61. The number of hydrogen-bond acceptors (Lipinski definition) is 4. The van der Waals surface area contributed by atoms with Crippen molar-refractivity contribution in [1.82, 2.24) is 0 Å². The molecule has 0 aromatic carbocycles.